The van der Waals surface area contributed by atoms with E-state index in [1.165, 1.54) is 11.3 Å². The molecule has 1 aromatic heterocycles. The minimum Gasteiger partial charge on any atom is -0.427 e. The van der Waals surface area contributed by atoms with Crippen molar-refractivity contribution >= 4 is 24.2 Å². The summed E-state index contributed by atoms with van der Waals surface area (Å²) in [6.07, 6.45) is 0.493. The van der Waals surface area contributed by atoms with Crippen LogP contribution in [-0.4, -0.2) is 22.9 Å². The molecular weight excluding hydrogens is 259 g/mol. The van der Waals surface area contributed by atoms with Crippen molar-refractivity contribution in [3.8, 4) is 0 Å². The SMILES string of the molecule is O=C(Cc1cccs1)C[C@H](B(O)O)c1ccccc1. The van der Waals surface area contributed by atoms with Gasteiger partial charge in [0.1, 0.15) is 5.78 Å². The van der Waals surface area contributed by atoms with E-state index in [4.69, 9.17) is 0 Å². The lowest BCUT2D eigenvalue weighted by molar-refractivity contribution is -0.118. The molecule has 5 heteroatoms. The zero-order chi connectivity index (χ0) is 13.7. The number of rotatable bonds is 6. The Morgan fingerprint density at radius 3 is 2.47 bits per heavy atom. The Balaban J connectivity index is 2.03. The van der Waals surface area contributed by atoms with Gasteiger partial charge in [0.15, 0.2) is 0 Å². The summed E-state index contributed by atoms with van der Waals surface area (Å²) in [5.74, 6) is -0.543. The van der Waals surface area contributed by atoms with E-state index < -0.39 is 12.9 Å². The monoisotopic (exact) mass is 274 g/mol. The van der Waals surface area contributed by atoms with E-state index in [1.807, 2.05) is 47.8 Å². The van der Waals surface area contributed by atoms with Crippen LogP contribution in [0.4, 0.5) is 0 Å². The third-order valence-corrected chi connectivity index (χ3v) is 3.86. The average Bonchev–Trinajstić information content (AvgIpc) is 2.89. The van der Waals surface area contributed by atoms with Crippen molar-refractivity contribution in [2.75, 3.05) is 0 Å². The number of ketones is 1. The molecule has 2 N–H and O–H groups in total. The zero-order valence-corrected chi connectivity index (χ0v) is 11.2. The number of carbonyl (C=O) groups is 1. The molecule has 2 rings (SSSR count). The predicted octanol–water partition coefficient (Wildman–Crippen LogP) is 2.05. The van der Waals surface area contributed by atoms with Crippen LogP contribution in [0.15, 0.2) is 47.8 Å². The Morgan fingerprint density at radius 2 is 1.89 bits per heavy atom. The Labute approximate surface area is 116 Å². The summed E-state index contributed by atoms with van der Waals surface area (Å²) < 4.78 is 0. The molecule has 0 radical (unpaired) electrons. The first-order valence-electron chi connectivity index (χ1n) is 6.12. The van der Waals surface area contributed by atoms with E-state index in [0.717, 1.165) is 10.4 Å². The number of Topliss-reactive ketones (excluding diaryl/α,β-unsaturated/α-hetero) is 1. The molecule has 0 aliphatic carbocycles. The molecule has 1 atom stereocenters. The molecule has 0 bridgehead atoms. The van der Waals surface area contributed by atoms with Gasteiger partial charge in [-0.2, -0.15) is 0 Å². The largest absolute Gasteiger partial charge is 0.459 e. The summed E-state index contributed by atoms with van der Waals surface area (Å²) in [4.78, 5) is 13.0. The van der Waals surface area contributed by atoms with Gasteiger partial charge in [0.05, 0.1) is 0 Å². The van der Waals surface area contributed by atoms with Crippen molar-refractivity contribution in [2.24, 2.45) is 0 Å². The summed E-state index contributed by atoms with van der Waals surface area (Å²) in [6.45, 7) is 0. The minimum absolute atomic E-state index is 0.0180. The van der Waals surface area contributed by atoms with Crippen LogP contribution in [0.1, 0.15) is 22.7 Å². The van der Waals surface area contributed by atoms with Crippen molar-refractivity contribution < 1.29 is 14.8 Å². The second kappa shape index (κ2) is 6.66. The van der Waals surface area contributed by atoms with Gasteiger partial charge in [0, 0.05) is 23.5 Å². The highest BCUT2D eigenvalue weighted by Gasteiger charge is 2.27. The van der Waals surface area contributed by atoms with E-state index in [-0.39, 0.29) is 12.2 Å². The van der Waals surface area contributed by atoms with Crippen molar-refractivity contribution in [3.05, 3.63) is 58.3 Å². The number of hydrogen-bond acceptors (Lipinski definition) is 4. The molecule has 0 aliphatic rings. The maximum atomic E-state index is 12.0. The second-order valence-electron chi connectivity index (χ2n) is 4.43. The van der Waals surface area contributed by atoms with Gasteiger partial charge in [0.2, 0.25) is 0 Å². The number of thiophene rings is 1. The lowest BCUT2D eigenvalue weighted by Crippen LogP contribution is -2.26. The predicted molar refractivity (Wildman–Crippen MR) is 77.0 cm³/mol. The number of benzene rings is 1. The quantitative estimate of drug-likeness (QED) is 0.792. The molecule has 0 fully saturated rings. The fourth-order valence-corrected chi connectivity index (χ4v) is 2.75. The number of carbonyl (C=O) groups excluding carboxylic acids is 1. The van der Waals surface area contributed by atoms with E-state index in [9.17, 15) is 14.8 Å². The van der Waals surface area contributed by atoms with E-state index in [1.54, 1.807) is 0 Å². The van der Waals surface area contributed by atoms with Crippen LogP contribution in [0.5, 0.6) is 0 Å². The van der Waals surface area contributed by atoms with Gasteiger partial charge in [-0.1, -0.05) is 36.4 Å². The Bertz CT molecular complexity index is 511. The first-order valence-corrected chi connectivity index (χ1v) is 7.00. The molecule has 0 saturated carbocycles. The molecule has 98 valence electrons. The Hall–Kier alpha value is -1.43. The van der Waals surface area contributed by atoms with Crippen LogP contribution in [-0.2, 0) is 11.2 Å². The number of hydrogen-bond donors (Lipinski definition) is 2. The van der Waals surface area contributed by atoms with Crippen molar-refractivity contribution in [1.29, 1.82) is 0 Å². The maximum absolute atomic E-state index is 12.0. The van der Waals surface area contributed by atoms with Gasteiger partial charge in [-0.25, -0.2) is 0 Å². The molecule has 0 aliphatic heterocycles. The standard InChI is InChI=1S/C14H15BO3S/c16-12(9-13-7-4-8-19-13)10-14(15(17)18)11-5-2-1-3-6-11/h1-8,14,17-18H,9-10H2/t14-/m0/s1. The van der Waals surface area contributed by atoms with Gasteiger partial charge in [-0.3, -0.25) is 4.79 Å². The normalized spacial score (nSPS) is 12.1. The van der Waals surface area contributed by atoms with Gasteiger partial charge < -0.3 is 10.0 Å². The van der Waals surface area contributed by atoms with Crippen molar-refractivity contribution in [1.82, 2.24) is 0 Å². The van der Waals surface area contributed by atoms with Gasteiger partial charge in [-0.05, 0) is 17.0 Å². The third kappa shape index (κ3) is 4.03. The smallest absolute Gasteiger partial charge is 0.427 e. The van der Waals surface area contributed by atoms with Crippen LogP contribution in [0.25, 0.3) is 0 Å². The highest BCUT2D eigenvalue weighted by atomic mass is 32.1. The molecule has 3 nitrogen and oxygen atoms in total. The van der Waals surface area contributed by atoms with Crippen LogP contribution in [0.2, 0.25) is 0 Å². The highest BCUT2D eigenvalue weighted by molar-refractivity contribution is 7.10. The third-order valence-electron chi connectivity index (χ3n) is 2.99. The molecule has 1 heterocycles. The molecule has 0 spiro atoms. The van der Waals surface area contributed by atoms with Gasteiger partial charge in [0.25, 0.3) is 0 Å². The summed E-state index contributed by atoms with van der Waals surface area (Å²) in [5, 5.41) is 20.8. The van der Waals surface area contributed by atoms with Crippen LogP contribution >= 0.6 is 11.3 Å². The van der Waals surface area contributed by atoms with Crippen LogP contribution in [0.3, 0.4) is 0 Å². The van der Waals surface area contributed by atoms with E-state index in [0.29, 0.717) is 6.42 Å². The second-order valence-corrected chi connectivity index (χ2v) is 5.46. The van der Waals surface area contributed by atoms with E-state index in [2.05, 4.69) is 0 Å². The minimum atomic E-state index is -1.52. The van der Waals surface area contributed by atoms with E-state index >= 15 is 0 Å². The van der Waals surface area contributed by atoms with Crippen molar-refractivity contribution in [2.45, 2.75) is 18.7 Å². The van der Waals surface area contributed by atoms with Gasteiger partial charge >= 0.3 is 7.12 Å². The highest BCUT2D eigenvalue weighted by Crippen LogP contribution is 2.22. The molecular formula is C14H15BO3S. The summed E-state index contributed by atoms with van der Waals surface area (Å²) in [5.41, 5.74) is 0.775. The average molecular weight is 274 g/mol. The topological polar surface area (TPSA) is 57.5 Å². The lowest BCUT2D eigenvalue weighted by Gasteiger charge is -2.15. The van der Waals surface area contributed by atoms with Crippen molar-refractivity contribution in [3.63, 3.8) is 0 Å². The molecule has 0 amide bonds. The fourth-order valence-electron chi connectivity index (χ4n) is 2.02. The zero-order valence-electron chi connectivity index (χ0n) is 10.4. The first-order chi connectivity index (χ1) is 9.16. The van der Waals surface area contributed by atoms with Gasteiger partial charge in [-0.15, -0.1) is 11.3 Å². The lowest BCUT2D eigenvalue weighted by atomic mass is 9.66. The first kappa shape index (κ1) is 14.0. The fraction of sp³-hybridized carbons (Fsp3) is 0.214. The molecule has 0 saturated heterocycles. The molecule has 1 aromatic carbocycles. The summed E-state index contributed by atoms with van der Waals surface area (Å²) in [6, 6.07) is 12.9. The van der Waals surface area contributed by atoms with Crippen LogP contribution in [0, 0.1) is 0 Å². The maximum Gasteiger partial charge on any atom is 0.459 e. The molecule has 0 unspecified atom stereocenters. The Morgan fingerprint density at radius 1 is 1.16 bits per heavy atom. The Kier molecular flexibility index (Phi) is 4.90. The summed E-state index contributed by atoms with van der Waals surface area (Å²) in [7, 11) is -1.52. The van der Waals surface area contributed by atoms with Crippen LogP contribution < -0.4 is 0 Å². The summed E-state index contributed by atoms with van der Waals surface area (Å²) >= 11 is 1.54. The molecule has 2 aromatic rings. The molecule has 19 heavy (non-hydrogen) atoms.